The van der Waals surface area contributed by atoms with Crippen LogP contribution in [0.4, 0.5) is 10.2 Å². The number of nitrogens with one attached hydrogen (secondary N) is 1. The average molecular weight is 289 g/mol. The molecule has 18 heavy (non-hydrogen) atoms. The number of hydrogen-bond donors (Lipinski definition) is 1. The van der Waals surface area contributed by atoms with Crippen LogP contribution < -0.4 is 4.72 Å². The van der Waals surface area contributed by atoms with Gasteiger partial charge in [0, 0.05) is 18.6 Å². The minimum absolute atomic E-state index is 0.141. The molecule has 0 unspecified atom stereocenters. The fourth-order valence-electron chi connectivity index (χ4n) is 1.13. The third kappa shape index (κ3) is 2.54. The van der Waals surface area contributed by atoms with Crippen LogP contribution in [0.3, 0.4) is 0 Å². The Kier molecular flexibility index (Phi) is 3.39. The molecule has 0 atom stereocenters. The monoisotopic (exact) mass is 288 g/mol. The van der Waals surface area contributed by atoms with Gasteiger partial charge in [0.05, 0.1) is 0 Å². The van der Waals surface area contributed by atoms with Crippen molar-refractivity contribution >= 4 is 27.4 Å². The number of nitrogens with zero attached hydrogens (tertiary/aromatic N) is 3. The summed E-state index contributed by atoms with van der Waals surface area (Å²) in [5, 5.41) is -0.871. The van der Waals surface area contributed by atoms with E-state index in [1.165, 1.54) is 18.5 Å². The van der Waals surface area contributed by atoms with E-state index in [1.54, 1.807) is 0 Å². The zero-order chi connectivity index (χ0) is 13.2. The van der Waals surface area contributed by atoms with Gasteiger partial charge in [-0.05, 0) is 12.1 Å². The van der Waals surface area contributed by atoms with Crippen LogP contribution in [0.15, 0.2) is 35.7 Å². The minimum atomic E-state index is -4.19. The van der Waals surface area contributed by atoms with Gasteiger partial charge in [-0.2, -0.15) is 8.42 Å². The number of rotatable bonds is 3. The first kappa shape index (κ1) is 12.7. The number of pyridine rings is 1. The molecule has 0 aromatic carbocycles. The Labute approximate surface area is 107 Å². The molecule has 2 aromatic rings. The van der Waals surface area contributed by atoms with E-state index in [-0.39, 0.29) is 11.0 Å². The first-order chi connectivity index (χ1) is 8.50. The second-order valence-electron chi connectivity index (χ2n) is 3.09. The van der Waals surface area contributed by atoms with Crippen LogP contribution in [0, 0.1) is 5.82 Å². The third-order valence-corrected chi connectivity index (χ3v) is 3.41. The molecular formula is C9H6ClFN4O2S. The Morgan fingerprint density at radius 2 is 1.89 bits per heavy atom. The summed E-state index contributed by atoms with van der Waals surface area (Å²) in [6.07, 6.45) is 3.70. The second kappa shape index (κ2) is 4.83. The molecule has 1 N–H and O–H groups in total. The van der Waals surface area contributed by atoms with Gasteiger partial charge in [-0.1, -0.05) is 11.6 Å². The fourth-order valence-corrected chi connectivity index (χ4v) is 2.37. The van der Waals surface area contributed by atoms with Crippen molar-refractivity contribution in [2.24, 2.45) is 0 Å². The number of sulfonamides is 1. The van der Waals surface area contributed by atoms with Gasteiger partial charge >= 0.3 is 0 Å². The van der Waals surface area contributed by atoms with E-state index in [9.17, 15) is 12.8 Å². The van der Waals surface area contributed by atoms with E-state index >= 15 is 0 Å². The Morgan fingerprint density at radius 3 is 2.56 bits per heavy atom. The van der Waals surface area contributed by atoms with E-state index in [2.05, 4.69) is 15.0 Å². The molecular weight excluding hydrogens is 283 g/mol. The van der Waals surface area contributed by atoms with Crippen LogP contribution in [0.1, 0.15) is 0 Å². The number of aromatic nitrogens is 3. The smallest absolute Gasteiger partial charge is 0.259 e. The van der Waals surface area contributed by atoms with Crippen molar-refractivity contribution in [1.29, 1.82) is 0 Å². The molecule has 0 saturated heterocycles. The maximum Gasteiger partial charge on any atom is 0.283 e. The van der Waals surface area contributed by atoms with Crippen LogP contribution in [-0.4, -0.2) is 23.4 Å². The normalized spacial score (nSPS) is 11.2. The van der Waals surface area contributed by atoms with Crippen LogP contribution >= 0.6 is 11.6 Å². The molecule has 0 radical (unpaired) electrons. The molecule has 0 spiro atoms. The maximum atomic E-state index is 13.3. The number of hydrogen-bond acceptors (Lipinski definition) is 5. The van der Waals surface area contributed by atoms with Gasteiger partial charge in [0.15, 0.2) is 16.8 Å². The summed E-state index contributed by atoms with van der Waals surface area (Å²) in [5.41, 5.74) is 0. The summed E-state index contributed by atoms with van der Waals surface area (Å²) in [7, 11) is -4.19. The zero-order valence-corrected chi connectivity index (χ0v) is 10.3. The molecule has 0 saturated carbocycles. The zero-order valence-electron chi connectivity index (χ0n) is 8.71. The minimum Gasteiger partial charge on any atom is -0.259 e. The topological polar surface area (TPSA) is 84.8 Å². The molecule has 0 aliphatic rings. The van der Waals surface area contributed by atoms with Crippen LogP contribution in [0.25, 0.3) is 0 Å². The highest BCUT2D eigenvalue weighted by molar-refractivity contribution is 7.92. The van der Waals surface area contributed by atoms with E-state index < -0.39 is 20.9 Å². The van der Waals surface area contributed by atoms with Gasteiger partial charge in [0.1, 0.15) is 0 Å². The van der Waals surface area contributed by atoms with Crippen LogP contribution in [-0.2, 0) is 10.0 Å². The van der Waals surface area contributed by atoms with E-state index in [0.29, 0.717) is 0 Å². The van der Waals surface area contributed by atoms with Gasteiger partial charge in [-0.15, -0.1) is 0 Å². The predicted octanol–water partition coefficient (Wildman–Crippen LogP) is 1.46. The van der Waals surface area contributed by atoms with E-state index in [1.807, 2.05) is 4.72 Å². The van der Waals surface area contributed by atoms with E-state index in [0.717, 1.165) is 12.3 Å². The molecule has 2 heterocycles. The Balaban J connectivity index is 2.40. The lowest BCUT2D eigenvalue weighted by Crippen LogP contribution is -2.17. The number of anilines is 1. The fraction of sp³-hybridized carbons (Fsp3) is 0. The highest BCUT2D eigenvalue weighted by Gasteiger charge is 2.22. The molecule has 0 bridgehead atoms. The molecule has 2 aromatic heterocycles. The number of halogens is 2. The molecule has 0 aliphatic heterocycles. The van der Waals surface area contributed by atoms with Crippen LogP contribution in [0.5, 0.6) is 0 Å². The highest BCUT2D eigenvalue weighted by atomic mass is 35.5. The highest BCUT2D eigenvalue weighted by Crippen LogP contribution is 2.19. The second-order valence-corrected chi connectivity index (χ2v) is 5.05. The summed E-state index contributed by atoms with van der Waals surface area (Å²) < 4.78 is 39.0. The lowest BCUT2D eigenvalue weighted by molar-refractivity contribution is 0.556. The van der Waals surface area contributed by atoms with Crippen molar-refractivity contribution in [2.45, 2.75) is 5.03 Å². The Hall–Kier alpha value is -1.80. The van der Waals surface area contributed by atoms with Gasteiger partial charge in [-0.3, -0.25) is 4.72 Å². The molecule has 0 amide bonds. The van der Waals surface area contributed by atoms with Crippen molar-refractivity contribution < 1.29 is 12.8 Å². The summed E-state index contributed by atoms with van der Waals surface area (Å²) >= 11 is 5.64. The standard InChI is InChI=1S/C9H6ClFN4O2S/c10-7-8(13-5-4-12-7)15-18(16,17)9-6(11)2-1-3-14-9/h1-5H,(H,13,15). The summed E-state index contributed by atoms with van der Waals surface area (Å²) in [6, 6.07) is 2.27. The van der Waals surface area contributed by atoms with Crippen molar-refractivity contribution in [1.82, 2.24) is 15.0 Å². The largest absolute Gasteiger partial charge is 0.283 e. The Morgan fingerprint density at radius 1 is 1.17 bits per heavy atom. The molecule has 6 nitrogen and oxygen atoms in total. The first-order valence-corrected chi connectivity index (χ1v) is 6.46. The summed E-state index contributed by atoms with van der Waals surface area (Å²) in [4.78, 5) is 10.8. The molecule has 9 heteroatoms. The van der Waals surface area contributed by atoms with Gasteiger partial charge in [0.25, 0.3) is 10.0 Å². The van der Waals surface area contributed by atoms with Crippen molar-refractivity contribution in [3.05, 3.63) is 41.7 Å². The van der Waals surface area contributed by atoms with Crippen molar-refractivity contribution in [3.8, 4) is 0 Å². The average Bonchev–Trinajstić information content (AvgIpc) is 2.32. The van der Waals surface area contributed by atoms with Gasteiger partial charge < -0.3 is 0 Å². The van der Waals surface area contributed by atoms with Crippen LogP contribution in [0.2, 0.25) is 5.15 Å². The van der Waals surface area contributed by atoms with Gasteiger partial charge in [0.2, 0.25) is 5.03 Å². The Bertz CT molecular complexity index is 680. The van der Waals surface area contributed by atoms with Gasteiger partial charge in [-0.25, -0.2) is 19.3 Å². The predicted molar refractivity (Wildman–Crippen MR) is 62.0 cm³/mol. The van der Waals surface area contributed by atoms with Crippen molar-refractivity contribution in [3.63, 3.8) is 0 Å². The summed E-state index contributed by atoms with van der Waals surface area (Å²) in [6.45, 7) is 0. The molecule has 0 fully saturated rings. The van der Waals surface area contributed by atoms with E-state index in [4.69, 9.17) is 11.6 Å². The molecule has 94 valence electrons. The lowest BCUT2D eigenvalue weighted by Gasteiger charge is -2.07. The molecule has 2 rings (SSSR count). The maximum absolute atomic E-state index is 13.3. The SMILES string of the molecule is O=S(=O)(Nc1nccnc1Cl)c1ncccc1F. The lowest BCUT2D eigenvalue weighted by atomic mass is 10.5. The third-order valence-electron chi connectivity index (χ3n) is 1.86. The first-order valence-electron chi connectivity index (χ1n) is 4.60. The summed E-state index contributed by atoms with van der Waals surface area (Å²) in [5.74, 6) is -1.16. The quantitative estimate of drug-likeness (QED) is 0.924. The van der Waals surface area contributed by atoms with Crippen molar-refractivity contribution in [2.75, 3.05) is 4.72 Å². The molecule has 0 aliphatic carbocycles.